The average Bonchev–Trinajstić information content (AvgIpc) is 3.53. The maximum absolute atomic E-state index is 12.8. The number of carbonyl (C=O) groups is 2. The number of nitrogens with one attached hydrogen (secondary N) is 1. The van der Waals surface area contributed by atoms with E-state index in [-0.39, 0.29) is 11.7 Å². The second-order valence-corrected chi connectivity index (χ2v) is 10.2. The Morgan fingerprint density at radius 3 is 2.59 bits per heavy atom. The van der Waals surface area contributed by atoms with Gasteiger partial charge in [0.05, 0.1) is 11.3 Å². The van der Waals surface area contributed by atoms with E-state index >= 15 is 0 Å². The molecule has 0 bridgehead atoms. The predicted octanol–water partition coefficient (Wildman–Crippen LogP) is 4.62. The molecule has 9 heteroatoms. The highest BCUT2D eigenvalue weighted by Crippen LogP contribution is 2.39. The molecule has 34 heavy (non-hydrogen) atoms. The molecule has 0 radical (unpaired) electrons. The van der Waals surface area contributed by atoms with Crippen molar-refractivity contribution in [2.24, 2.45) is 5.73 Å². The molecule has 2 aromatic carbocycles. The van der Waals surface area contributed by atoms with Crippen molar-refractivity contribution < 1.29 is 9.59 Å². The minimum Gasteiger partial charge on any atom is -0.365 e. The van der Waals surface area contributed by atoms with E-state index in [0.717, 1.165) is 46.5 Å². The van der Waals surface area contributed by atoms with Gasteiger partial charge in [0.1, 0.15) is 5.00 Å². The van der Waals surface area contributed by atoms with Gasteiger partial charge in [0.2, 0.25) is 5.91 Å². The monoisotopic (exact) mass is 489 g/mol. The second kappa shape index (κ2) is 9.44. The molecule has 1 aliphatic rings. The number of thioether (sulfide) groups is 1. The van der Waals surface area contributed by atoms with Crippen molar-refractivity contribution in [1.29, 1.82) is 0 Å². The molecule has 0 atom stereocenters. The van der Waals surface area contributed by atoms with Crippen LogP contribution in [0, 0.1) is 6.92 Å². The quantitative estimate of drug-likeness (QED) is 0.369. The van der Waals surface area contributed by atoms with E-state index in [0.29, 0.717) is 21.5 Å². The maximum atomic E-state index is 12.8. The van der Waals surface area contributed by atoms with Crippen molar-refractivity contribution in [1.82, 2.24) is 14.8 Å². The van der Waals surface area contributed by atoms with Crippen molar-refractivity contribution in [2.45, 2.75) is 31.3 Å². The minimum absolute atomic E-state index is 0.125. The minimum atomic E-state index is -0.492. The van der Waals surface area contributed by atoms with Gasteiger partial charge in [-0.2, -0.15) is 0 Å². The lowest BCUT2D eigenvalue weighted by Gasteiger charge is -2.11. The number of rotatable bonds is 7. The summed E-state index contributed by atoms with van der Waals surface area (Å²) in [5.41, 5.74) is 10.1. The average molecular weight is 490 g/mol. The first-order valence-electron chi connectivity index (χ1n) is 11.0. The van der Waals surface area contributed by atoms with Gasteiger partial charge >= 0.3 is 0 Å². The zero-order valence-corrected chi connectivity index (χ0v) is 20.2. The Labute approximate surface area is 205 Å². The number of primary amides is 1. The van der Waals surface area contributed by atoms with Gasteiger partial charge in [0.15, 0.2) is 11.0 Å². The third kappa shape index (κ3) is 4.36. The highest BCUT2D eigenvalue weighted by Gasteiger charge is 2.26. The number of carbonyl (C=O) groups excluding carboxylic acids is 2. The molecule has 0 saturated heterocycles. The smallest absolute Gasteiger partial charge is 0.251 e. The van der Waals surface area contributed by atoms with E-state index in [2.05, 4.69) is 15.5 Å². The number of hydrogen-bond donors (Lipinski definition) is 2. The molecule has 1 aliphatic carbocycles. The van der Waals surface area contributed by atoms with Gasteiger partial charge in [-0.3, -0.25) is 14.2 Å². The first-order valence-corrected chi connectivity index (χ1v) is 12.8. The summed E-state index contributed by atoms with van der Waals surface area (Å²) >= 11 is 2.75. The van der Waals surface area contributed by atoms with E-state index < -0.39 is 5.91 Å². The Balaban J connectivity index is 1.39. The lowest BCUT2D eigenvalue weighted by Crippen LogP contribution is -2.19. The fourth-order valence-electron chi connectivity index (χ4n) is 4.11. The van der Waals surface area contributed by atoms with Crippen molar-refractivity contribution >= 4 is 39.9 Å². The standard InChI is InChI=1S/C25H23N5O2S2/c1-15-10-12-17(13-11-15)30-23(16-6-3-2-4-7-16)28-29-25(30)33-14-20(31)27-24-21(22(26)32)18-8-5-9-19(18)34-24/h2-4,6-7,10-13H,5,8-9,14H2,1H3,(H2,26,32)(H,27,31). The number of nitrogens with two attached hydrogens (primary N) is 1. The van der Waals surface area contributed by atoms with Gasteiger partial charge in [-0.1, -0.05) is 59.8 Å². The molecule has 2 aromatic heterocycles. The fourth-order valence-corrected chi connectivity index (χ4v) is 6.17. The van der Waals surface area contributed by atoms with Crippen LogP contribution >= 0.6 is 23.1 Å². The van der Waals surface area contributed by atoms with Gasteiger partial charge < -0.3 is 11.1 Å². The van der Waals surface area contributed by atoms with E-state index in [1.54, 1.807) is 0 Å². The molecular formula is C25H23N5O2S2. The van der Waals surface area contributed by atoms with Crippen LogP contribution in [-0.2, 0) is 17.6 Å². The van der Waals surface area contributed by atoms with Crippen LogP contribution < -0.4 is 11.1 Å². The van der Waals surface area contributed by atoms with Crippen LogP contribution in [0.5, 0.6) is 0 Å². The van der Waals surface area contributed by atoms with Gasteiger partial charge in [0.25, 0.3) is 5.91 Å². The molecular weight excluding hydrogens is 466 g/mol. The zero-order valence-electron chi connectivity index (χ0n) is 18.6. The molecule has 0 fully saturated rings. The van der Waals surface area contributed by atoms with Crippen LogP contribution in [0.25, 0.3) is 17.1 Å². The first-order chi connectivity index (χ1) is 16.5. The summed E-state index contributed by atoms with van der Waals surface area (Å²) in [5.74, 6) is 0.124. The van der Waals surface area contributed by atoms with E-state index in [9.17, 15) is 9.59 Å². The number of amides is 2. The number of nitrogens with zero attached hydrogens (tertiary/aromatic N) is 3. The Bertz CT molecular complexity index is 1360. The summed E-state index contributed by atoms with van der Waals surface area (Å²) in [5, 5.41) is 12.9. The number of benzene rings is 2. The molecule has 0 spiro atoms. The topological polar surface area (TPSA) is 103 Å². The molecule has 5 rings (SSSR count). The highest BCUT2D eigenvalue weighted by molar-refractivity contribution is 7.99. The first kappa shape index (κ1) is 22.4. The van der Waals surface area contributed by atoms with Gasteiger partial charge in [-0.05, 0) is 43.9 Å². The fraction of sp³-hybridized carbons (Fsp3) is 0.200. The highest BCUT2D eigenvalue weighted by atomic mass is 32.2. The van der Waals surface area contributed by atoms with Crippen LogP contribution in [-0.4, -0.2) is 32.3 Å². The summed E-state index contributed by atoms with van der Waals surface area (Å²) in [4.78, 5) is 26.0. The molecule has 0 unspecified atom stereocenters. The number of hydrogen-bond acceptors (Lipinski definition) is 6. The third-order valence-electron chi connectivity index (χ3n) is 5.71. The van der Waals surface area contributed by atoms with Crippen molar-refractivity contribution in [2.75, 3.05) is 11.1 Å². The van der Waals surface area contributed by atoms with Crippen LogP contribution in [0.15, 0.2) is 59.8 Å². The largest absolute Gasteiger partial charge is 0.365 e. The summed E-state index contributed by atoms with van der Waals surface area (Å²) in [6, 6.07) is 17.9. The number of aryl methyl sites for hydroxylation is 2. The maximum Gasteiger partial charge on any atom is 0.251 e. The van der Waals surface area contributed by atoms with Gasteiger partial charge in [-0.15, -0.1) is 21.5 Å². The molecule has 3 N–H and O–H groups in total. The van der Waals surface area contributed by atoms with E-state index in [1.165, 1.54) is 23.1 Å². The summed E-state index contributed by atoms with van der Waals surface area (Å²) < 4.78 is 1.96. The SMILES string of the molecule is Cc1ccc(-n2c(SCC(=O)Nc3sc4c(c3C(N)=O)CCC4)nnc2-c2ccccc2)cc1. The Morgan fingerprint density at radius 1 is 1.09 bits per heavy atom. The lowest BCUT2D eigenvalue weighted by atomic mass is 10.1. The van der Waals surface area contributed by atoms with Crippen LogP contribution in [0.2, 0.25) is 0 Å². The van der Waals surface area contributed by atoms with E-state index in [4.69, 9.17) is 5.73 Å². The summed E-state index contributed by atoms with van der Waals surface area (Å²) in [6.45, 7) is 2.04. The Morgan fingerprint density at radius 2 is 1.85 bits per heavy atom. The van der Waals surface area contributed by atoms with Crippen molar-refractivity contribution in [3.63, 3.8) is 0 Å². The Hall–Kier alpha value is -3.43. The van der Waals surface area contributed by atoms with Gasteiger partial charge in [0, 0.05) is 16.1 Å². The molecule has 2 heterocycles. The number of aromatic nitrogens is 3. The Kier molecular flexibility index (Phi) is 6.21. The molecule has 172 valence electrons. The number of thiophene rings is 1. The second-order valence-electron chi connectivity index (χ2n) is 8.11. The molecule has 2 amide bonds. The predicted molar refractivity (Wildman–Crippen MR) is 136 cm³/mol. The van der Waals surface area contributed by atoms with Gasteiger partial charge in [-0.25, -0.2) is 0 Å². The van der Waals surface area contributed by atoms with Crippen molar-refractivity contribution in [3.05, 3.63) is 76.2 Å². The normalized spacial score (nSPS) is 12.5. The van der Waals surface area contributed by atoms with Crippen LogP contribution in [0.4, 0.5) is 5.00 Å². The molecule has 7 nitrogen and oxygen atoms in total. The number of anilines is 1. The van der Waals surface area contributed by atoms with Crippen LogP contribution in [0.3, 0.4) is 0 Å². The molecule has 4 aromatic rings. The third-order valence-corrected chi connectivity index (χ3v) is 7.85. The summed E-state index contributed by atoms with van der Waals surface area (Å²) in [7, 11) is 0. The molecule has 0 saturated carbocycles. The lowest BCUT2D eigenvalue weighted by molar-refractivity contribution is -0.113. The van der Waals surface area contributed by atoms with Crippen molar-refractivity contribution in [3.8, 4) is 17.1 Å². The van der Waals surface area contributed by atoms with E-state index in [1.807, 2.05) is 66.1 Å². The van der Waals surface area contributed by atoms with Crippen LogP contribution in [0.1, 0.15) is 32.8 Å². The number of fused-ring (bicyclic) bond motifs is 1. The molecule has 0 aliphatic heterocycles. The summed E-state index contributed by atoms with van der Waals surface area (Å²) in [6.07, 6.45) is 2.77. The zero-order chi connectivity index (χ0) is 23.7.